The van der Waals surface area contributed by atoms with Crippen LogP contribution in [0.2, 0.25) is 5.02 Å². The molecule has 0 radical (unpaired) electrons. The van der Waals surface area contributed by atoms with E-state index in [0.29, 0.717) is 5.69 Å². The van der Waals surface area contributed by atoms with E-state index in [0.717, 1.165) is 6.54 Å². The molecule has 1 aromatic carbocycles. The summed E-state index contributed by atoms with van der Waals surface area (Å²) in [6, 6.07) is 5.17. The van der Waals surface area contributed by atoms with Crippen molar-refractivity contribution in [1.82, 2.24) is 0 Å². The summed E-state index contributed by atoms with van der Waals surface area (Å²) in [5.41, 5.74) is 1.05. The van der Waals surface area contributed by atoms with Crippen LogP contribution >= 0.6 is 11.6 Å². The van der Waals surface area contributed by atoms with Crippen LogP contribution in [0.15, 0.2) is 18.2 Å². The molecule has 1 fully saturated rings. The number of carbonyl (C=O) groups is 1. The van der Waals surface area contributed by atoms with Gasteiger partial charge in [-0.05, 0) is 30.4 Å². The van der Waals surface area contributed by atoms with E-state index < -0.39 is 5.97 Å². The topological polar surface area (TPSA) is 49.3 Å². The molecule has 0 spiro atoms. The van der Waals surface area contributed by atoms with Crippen molar-refractivity contribution in [2.45, 2.75) is 39.0 Å². The Morgan fingerprint density at radius 2 is 2.05 bits per heavy atom. The fraction of sp³-hybridized carbons (Fsp3) is 0.533. The van der Waals surface area contributed by atoms with Crippen molar-refractivity contribution in [2.75, 3.05) is 11.9 Å². The molecule has 0 bridgehead atoms. The predicted octanol–water partition coefficient (Wildman–Crippen LogP) is 4.42. The number of halogens is 1. The van der Waals surface area contributed by atoms with Gasteiger partial charge in [0, 0.05) is 6.54 Å². The molecule has 2 rings (SSSR count). The molecule has 1 aliphatic rings. The van der Waals surface area contributed by atoms with Gasteiger partial charge in [0.15, 0.2) is 0 Å². The van der Waals surface area contributed by atoms with Crippen molar-refractivity contribution in [1.29, 1.82) is 0 Å². The number of hydrogen-bond acceptors (Lipinski definition) is 2. The van der Waals surface area contributed by atoms with Crippen LogP contribution in [0.3, 0.4) is 0 Å². The Balaban J connectivity index is 2.11. The van der Waals surface area contributed by atoms with Gasteiger partial charge in [0.1, 0.15) is 5.56 Å². The number of rotatable bonds is 4. The Morgan fingerprint density at radius 1 is 1.37 bits per heavy atom. The lowest BCUT2D eigenvalue weighted by Crippen LogP contribution is -2.29. The van der Waals surface area contributed by atoms with Crippen molar-refractivity contribution in [3.8, 4) is 0 Å². The molecule has 1 aliphatic carbocycles. The van der Waals surface area contributed by atoms with Gasteiger partial charge in [-0.2, -0.15) is 0 Å². The third kappa shape index (κ3) is 3.41. The van der Waals surface area contributed by atoms with Crippen LogP contribution in [0, 0.1) is 5.41 Å². The van der Waals surface area contributed by atoms with Gasteiger partial charge < -0.3 is 10.4 Å². The van der Waals surface area contributed by atoms with Gasteiger partial charge in [0.25, 0.3) is 0 Å². The summed E-state index contributed by atoms with van der Waals surface area (Å²) >= 11 is 5.96. The SMILES string of the molecule is CC1(CNc2cccc(Cl)c2C(=O)O)CCCCC1. The summed E-state index contributed by atoms with van der Waals surface area (Å²) in [5.74, 6) is -0.984. The van der Waals surface area contributed by atoms with E-state index in [2.05, 4.69) is 12.2 Å². The minimum atomic E-state index is -0.984. The first kappa shape index (κ1) is 14.2. The molecule has 0 atom stereocenters. The lowest BCUT2D eigenvalue weighted by atomic mass is 9.75. The van der Waals surface area contributed by atoms with Crippen molar-refractivity contribution in [3.05, 3.63) is 28.8 Å². The Kier molecular flexibility index (Phi) is 4.35. The second-order valence-electron chi connectivity index (χ2n) is 5.69. The molecule has 2 N–H and O–H groups in total. The molecule has 0 heterocycles. The minimum Gasteiger partial charge on any atom is -0.478 e. The van der Waals surface area contributed by atoms with Crippen LogP contribution < -0.4 is 5.32 Å². The summed E-state index contributed by atoms with van der Waals surface area (Å²) < 4.78 is 0. The maximum absolute atomic E-state index is 11.2. The molecule has 0 aliphatic heterocycles. The zero-order valence-corrected chi connectivity index (χ0v) is 12.0. The summed E-state index contributed by atoms with van der Waals surface area (Å²) in [6.45, 7) is 3.07. The molecule has 0 unspecified atom stereocenters. The average molecular weight is 282 g/mol. The van der Waals surface area contributed by atoms with Crippen LogP contribution in [0.1, 0.15) is 49.4 Å². The van der Waals surface area contributed by atoms with E-state index in [9.17, 15) is 9.90 Å². The highest BCUT2D eigenvalue weighted by Gasteiger charge is 2.27. The molecule has 1 saturated carbocycles. The molecular weight excluding hydrogens is 262 g/mol. The number of carboxylic acid groups (broad SMARTS) is 1. The third-order valence-electron chi connectivity index (χ3n) is 3.99. The smallest absolute Gasteiger partial charge is 0.339 e. The third-order valence-corrected chi connectivity index (χ3v) is 4.31. The van der Waals surface area contributed by atoms with Gasteiger partial charge in [-0.3, -0.25) is 0 Å². The molecule has 4 heteroatoms. The van der Waals surface area contributed by atoms with Crippen molar-refractivity contribution >= 4 is 23.3 Å². The first-order valence-corrected chi connectivity index (χ1v) is 7.15. The van der Waals surface area contributed by atoms with E-state index in [4.69, 9.17) is 11.6 Å². The van der Waals surface area contributed by atoms with Gasteiger partial charge in [0.2, 0.25) is 0 Å². The van der Waals surface area contributed by atoms with E-state index in [1.165, 1.54) is 32.1 Å². The van der Waals surface area contributed by atoms with Crippen LogP contribution in [-0.4, -0.2) is 17.6 Å². The highest BCUT2D eigenvalue weighted by Crippen LogP contribution is 2.36. The van der Waals surface area contributed by atoms with E-state index in [-0.39, 0.29) is 16.0 Å². The normalized spacial score (nSPS) is 18.0. The largest absolute Gasteiger partial charge is 0.478 e. The Labute approximate surface area is 119 Å². The number of carboxylic acids is 1. The summed E-state index contributed by atoms with van der Waals surface area (Å²) in [4.78, 5) is 11.2. The molecule has 104 valence electrons. The Bertz CT molecular complexity index is 467. The summed E-state index contributed by atoms with van der Waals surface area (Å²) in [6.07, 6.45) is 6.23. The van der Waals surface area contributed by atoms with E-state index >= 15 is 0 Å². The standard InChI is InChI=1S/C15H20ClNO2/c1-15(8-3-2-4-9-15)10-17-12-7-5-6-11(16)13(12)14(18)19/h5-7,17H,2-4,8-10H2,1H3,(H,18,19). The quantitative estimate of drug-likeness (QED) is 0.859. The van der Waals surface area contributed by atoms with Crippen molar-refractivity contribution < 1.29 is 9.90 Å². The maximum atomic E-state index is 11.2. The Hall–Kier alpha value is -1.22. The van der Waals surface area contributed by atoms with Gasteiger partial charge >= 0.3 is 5.97 Å². The molecule has 3 nitrogen and oxygen atoms in total. The van der Waals surface area contributed by atoms with Gasteiger partial charge in [0.05, 0.1) is 10.7 Å². The first-order valence-electron chi connectivity index (χ1n) is 6.77. The molecule has 0 saturated heterocycles. The van der Waals surface area contributed by atoms with E-state index in [1.807, 2.05) is 0 Å². The zero-order valence-electron chi connectivity index (χ0n) is 11.2. The second kappa shape index (κ2) is 5.83. The summed E-state index contributed by atoms with van der Waals surface area (Å²) in [5, 5.41) is 12.8. The summed E-state index contributed by atoms with van der Waals surface area (Å²) in [7, 11) is 0. The number of hydrogen-bond donors (Lipinski definition) is 2. The molecule has 19 heavy (non-hydrogen) atoms. The second-order valence-corrected chi connectivity index (χ2v) is 6.10. The highest BCUT2D eigenvalue weighted by atomic mass is 35.5. The molecule has 1 aromatic rings. The Morgan fingerprint density at radius 3 is 2.68 bits per heavy atom. The van der Waals surface area contributed by atoms with Gasteiger partial charge in [-0.15, -0.1) is 0 Å². The highest BCUT2D eigenvalue weighted by molar-refractivity contribution is 6.34. The van der Waals surface area contributed by atoms with Crippen molar-refractivity contribution in [3.63, 3.8) is 0 Å². The van der Waals surface area contributed by atoms with Crippen LogP contribution in [0.25, 0.3) is 0 Å². The lowest BCUT2D eigenvalue weighted by molar-refractivity contribution is 0.0698. The number of benzene rings is 1. The van der Waals surface area contributed by atoms with Crippen LogP contribution in [0.4, 0.5) is 5.69 Å². The van der Waals surface area contributed by atoms with Crippen molar-refractivity contribution in [2.24, 2.45) is 5.41 Å². The van der Waals surface area contributed by atoms with Crippen LogP contribution in [-0.2, 0) is 0 Å². The van der Waals surface area contributed by atoms with E-state index in [1.54, 1.807) is 18.2 Å². The fourth-order valence-corrected chi connectivity index (χ4v) is 3.03. The lowest BCUT2D eigenvalue weighted by Gasteiger charge is -2.34. The fourth-order valence-electron chi connectivity index (χ4n) is 2.78. The predicted molar refractivity (Wildman–Crippen MR) is 78.1 cm³/mol. The van der Waals surface area contributed by atoms with Gasteiger partial charge in [-0.1, -0.05) is 43.9 Å². The average Bonchev–Trinajstić information content (AvgIpc) is 2.37. The van der Waals surface area contributed by atoms with Crippen LogP contribution in [0.5, 0.6) is 0 Å². The molecule has 0 amide bonds. The zero-order chi connectivity index (χ0) is 13.9. The first-order chi connectivity index (χ1) is 9.02. The maximum Gasteiger partial charge on any atom is 0.339 e. The minimum absolute atomic E-state index is 0.170. The number of aromatic carboxylic acids is 1. The van der Waals surface area contributed by atoms with Gasteiger partial charge in [-0.25, -0.2) is 4.79 Å². The monoisotopic (exact) mass is 281 g/mol. The number of anilines is 1. The molecular formula is C15H20ClNO2. The molecule has 0 aromatic heterocycles. The number of nitrogens with one attached hydrogen (secondary N) is 1.